The normalized spacial score (nSPS) is 13.2. The van der Waals surface area contributed by atoms with Crippen molar-refractivity contribution in [3.8, 4) is 23.3 Å². The first-order valence-electron chi connectivity index (χ1n) is 11.4. The van der Waals surface area contributed by atoms with Gasteiger partial charge >= 0.3 is 0 Å². The highest BCUT2D eigenvalue weighted by Gasteiger charge is 2.36. The Kier molecular flexibility index (Phi) is 10.2. The van der Waals surface area contributed by atoms with Gasteiger partial charge in [0.05, 0.1) is 25.2 Å². The van der Waals surface area contributed by atoms with Crippen molar-refractivity contribution in [1.82, 2.24) is 5.32 Å². The Morgan fingerprint density at radius 1 is 1.09 bits per heavy atom. The summed E-state index contributed by atoms with van der Waals surface area (Å²) in [5.74, 6) is 1.55. The van der Waals surface area contributed by atoms with E-state index in [1.165, 1.54) is 13.2 Å². The van der Waals surface area contributed by atoms with Crippen LogP contribution in [0.4, 0.5) is 0 Å². The van der Waals surface area contributed by atoms with E-state index in [0.717, 1.165) is 12.2 Å². The van der Waals surface area contributed by atoms with Crippen LogP contribution in [0, 0.1) is 17.2 Å². The molecule has 0 spiro atoms. The van der Waals surface area contributed by atoms with Crippen LogP contribution < -0.4 is 24.7 Å². The molecule has 34 heavy (non-hydrogen) atoms. The summed E-state index contributed by atoms with van der Waals surface area (Å²) in [6, 6.07) is 14.8. The lowest BCUT2D eigenvalue weighted by Gasteiger charge is -2.32. The highest BCUT2D eigenvalue weighted by atomic mass is 32.2. The van der Waals surface area contributed by atoms with Crippen molar-refractivity contribution in [2.24, 2.45) is 11.1 Å². The van der Waals surface area contributed by atoms with Crippen LogP contribution in [0.25, 0.3) is 0 Å². The molecular formula is C25H35N3O5S. The molecule has 3 N–H and O–H groups in total. The second-order valence-electron chi connectivity index (χ2n) is 8.23. The summed E-state index contributed by atoms with van der Waals surface area (Å²) in [5, 5.41) is 18.9. The molecule has 2 aromatic rings. The van der Waals surface area contributed by atoms with Gasteiger partial charge in [0, 0.05) is 6.54 Å². The Morgan fingerprint density at radius 2 is 1.76 bits per heavy atom. The lowest BCUT2D eigenvalue weighted by atomic mass is 9.70. The molecule has 0 bridgehead atoms. The number of sulfonamides is 1. The number of ether oxygens (including phenoxy) is 3. The number of para-hydroxylation sites is 2. The predicted octanol–water partition coefficient (Wildman–Crippen LogP) is 3.61. The first kappa shape index (κ1) is 27.4. The summed E-state index contributed by atoms with van der Waals surface area (Å²) in [7, 11) is -2.61. The van der Waals surface area contributed by atoms with E-state index in [1.807, 2.05) is 45.0 Å². The van der Waals surface area contributed by atoms with E-state index in [-0.39, 0.29) is 16.6 Å². The van der Waals surface area contributed by atoms with E-state index in [2.05, 4.69) is 11.4 Å². The molecule has 8 nitrogen and oxygen atoms in total. The maximum absolute atomic E-state index is 12.1. The van der Waals surface area contributed by atoms with Crippen LogP contribution in [-0.2, 0) is 15.4 Å². The fraction of sp³-hybridized carbons (Fsp3) is 0.480. The van der Waals surface area contributed by atoms with Crippen molar-refractivity contribution in [2.75, 3.05) is 33.4 Å². The maximum atomic E-state index is 12.1. The predicted molar refractivity (Wildman–Crippen MR) is 132 cm³/mol. The van der Waals surface area contributed by atoms with Gasteiger partial charge in [-0.3, -0.25) is 0 Å². The van der Waals surface area contributed by atoms with Gasteiger partial charge in [-0.1, -0.05) is 32.0 Å². The zero-order valence-electron chi connectivity index (χ0n) is 20.3. The number of rotatable bonds is 14. The molecule has 0 fully saturated rings. The average Bonchev–Trinajstić information content (AvgIpc) is 2.81. The fourth-order valence-electron chi connectivity index (χ4n) is 3.89. The minimum absolute atomic E-state index is 0.0439. The molecule has 0 heterocycles. The minimum atomic E-state index is -4.00. The number of nitrogens with zero attached hydrogens (tertiary/aromatic N) is 1. The van der Waals surface area contributed by atoms with E-state index >= 15 is 0 Å². The smallest absolute Gasteiger partial charge is 0.241 e. The Bertz CT molecular complexity index is 1080. The molecule has 2 rings (SSSR count). The van der Waals surface area contributed by atoms with Gasteiger partial charge < -0.3 is 19.5 Å². The summed E-state index contributed by atoms with van der Waals surface area (Å²) < 4.78 is 40.6. The number of primary sulfonamides is 1. The summed E-state index contributed by atoms with van der Waals surface area (Å²) >= 11 is 0. The molecule has 0 saturated heterocycles. The second kappa shape index (κ2) is 12.6. The van der Waals surface area contributed by atoms with Crippen LogP contribution >= 0.6 is 0 Å². The topological polar surface area (TPSA) is 124 Å². The Morgan fingerprint density at radius 3 is 2.32 bits per heavy atom. The van der Waals surface area contributed by atoms with E-state index in [4.69, 9.17) is 19.3 Å². The zero-order valence-corrected chi connectivity index (χ0v) is 21.2. The Hall–Kier alpha value is -2.80. The van der Waals surface area contributed by atoms with Gasteiger partial charge in [-0.25, -0.2) is 13.6 Å². The first-order valence-corrected chi connectivity index (χ1v) is 12.9. The Labute approximate surface area is 203 Å². The van der Waals surface area contributed by atoms with Crippen molar-refractivity contribution in [3.63, 3.8) is 0 Å². The third kappa shape index (κ3) is 6.86. The SMILES string of the molecule is CCOc1ccccc1OCCNCCCC(C#N)(c1ccc(OC)c(S(N)(=O)=O)c1)C(C)C. The molecule has 186 valence electrons. The number of methoxy groups -OCH3 is 1. The maximum Gasteiger partial charge on any atom is 0.241 e. The highest BCUT2D eigenvalue weighted by molar-refractivity contribution is 7.89. The van der Waals surface area contributed by atoms with Gasteiger partial charge in [0.1, 0.15) is 17.3 Å². The molecule has 0 aliphatic heterocycles. The third-order valence-electron chi connectivity index (χ3n) is 5.78. The van der Waals surface area contributed by atoms with Crippen LogP contribution in [0.2, 0.25) is 0 Å². The summed E-state index contributed by atoms with van der Waals surface area (Å²) in [6.07, 6.45) is 1.27. The third-order valence-corrected chi connectivity index (χ3v) is 6.71. The van der Waals surface area contributed by atoms with Crippen molar-refractivity contribution in [3.05, 3.63) is 48.0 Å². The lowest BCUT2D eigenvalue weighted by molar-refractivity contribution is 0.274. The number of nitrogens with one attached hydrogen (secondary N) is 1. The highest BCUT2D eigenvalue weighted by Crippen LogP contribution is 2.39. The zero-order chi connectivity index (χ0) is 25.2. The van der Waals surface area contributed by atoms with Gasteiger partial charge in [-0.05, 0) is 62.1 Å². The van der Waals surface area contributed by atoms with Crippen molar-refractivity contribution in [1.29, 1.82) is 5.26 Å². The average molecular weight is 490 g/mol. The van der Waals surface area contributed by atoms with Crippen LogP contribution in [0.3, 0.4) is 0 Å². The molecule has 0 saturated carbocycles. The van der Waals surface area contributed by atoms with Crippen molar-refractivity contribution in [2.45, 2.75) is 43.9 Å². The van der Waals surface area contributed by atoms with Crippen LogP contribution in [0.1, 0.15) is 39.2 Å². The molecule has 1 unspecified atom stereocenters. The molecule has 9 heteroatoms. The molecule has 0 aliphatic carbocycles. The van der Waals surface area contributed by atoms with Gasteiger partial charge in [0.2, 0.25) is 10.0 Å². The molecule has 1 atom stereocenters. The van der Waals surface area contributed by atoms with Gasteiger partial charge in [0.15, 0.2) is 11.5 Å². The number of hydrogen-bond acceptors (Lipinski definition) is 7. The van der Waals surface area contributed by atoms with Crippen molar-refractivity contribution < 1.29 is 22.6 Å². The lowest BCUT2D eigenvalue weighted by Crippen LogP contribution is -2.33. The Balaban J connectivity index is 1.99. The number of hydrogen-bond donors (Lipinski definition) is 2. The summed E-state index contributed by atoms with van der Waals surface area (Å²) in [4.78, 5) is -0.115. The van der Waals surface area contributed by atoms with E-state index in [9.17, 15) is 13.7 Å². The van der Waals surface area contributed by atoms with Crippen LogP contribution in [0.5, 0.6) is 17.2 Å². The first-order chi connectivity index (χ1) is 16.2. The standard InChI is InChI=1S/C25H35N3O5S/c1-5-32-21-9-6-7-10-22(21)33-16-15-28-14-8-13-25(18-26,19(2)3)20-11-12-23(31-4)24(17-20)34(27,29)30/h6-7,9-12,17,19,28H,5,8,13-16H2,1-4H3,(H2,27,29,30). The second-order valence-corrected chi connectivity index (χ2v) is 9.76. The number of nitriles is 1. The summed E-state index contributed by atoms with van der Waals surface area (Å²) in [6.45, 7) is 8.22. The quantitative estimate of drug-likeness (QED) is 0.389. The van der Waals surface area contributed by atoms with Crippen LogP contribution in [-0.4, -0.2) is 41.8 Å². The number of benzene rings is 2. The van der Waals surface area contributed by atoms with Gasteiger partial charge in [-0.2, -0.15) is 5.26 Å². The molecule has 0 aromatic heterocycles. The fourth-order valence-corrected chi connectivity index (χ4v) is 4.61. The van der Waals surface area contributed by atoms with E-state index in [0.29, 0.717) is 44.0 Å². The largest absolute Gasteiger partial charge is 0.495 e. The molecule has 2 aromatic carbocycles. The summed E-state index contributed by atoms with van der Waals surface area (Å²) in [5.41, 5.74) is -0.244. The minimum Gasteiger partial charge on any atom is -0.495 e. The van der Waals surface area contributed by atoms with Gasteiger partial charge in [0.25, 0.3) is 0 Å². The molecule has 0 aliphatic rings. The molecule has 0 radical (unpaired) electrons. The van der Waals surface area contributed by atoms with Gasteiger partial charge in [-0.15, -0.1) is 0 Å². The van der Waals surface area contributed by atoms with Crippen LogP contribution in [0.15, 0.2) is 47.4 Å². The molecular weight excluding hydrogens is 454 g/mol. The monoisotopic (exact) mass is 489 g/mol. The van der Waals surface area contributed by atoms with Crippen molar-refractivity contribution >= 4 is 10.0 Å². The molecule has 0 amide bonds. The van der Waals surface area contributed by atoms with E-state index < -0.39 is 15.4 Å². The number of nitrogens with two attached hydrogens (primary N) is 1. The van der Waals surface area contributed by atoms with E-state index in [1.54, 1.807) is 12.1 Å².